The molecule has 4 aromatic rings. The van der Waals surface area contributed by atoms with Gasteiger partial charge < -0.3 is 10.1 Å². The monoisotopic (exact) mass is 620 g/mol. The van der Waals surface area contributed by atoms with Crippen molar-refractivity contribution in [2.75, 3.05) is 10.7 Å². The van der Waals surface area contributed by atoms with Gasteiger partial charge in [-0.15, -0.1) is 18.3 Å². The molecule has 3 aromatic carbocycles. The number of para-hydroxylation sites is 1. The molecule has 1 aromatic heterocycles. The number of aliphatic imine (C=N–C) groups is 1. The van der Waals surface area contributed by atoms with Crippen LogP contribution in [0, 0.1) is 0 Å². The van der Waals surface area contributed by atoms with Crippen LogP contribution in [0.1, 0.15) is 43.7 Å². The number of benzene rings is 3. The summed E-state index contributed by atoms with van der Waals surface area (Å²) in [6, 6.07) is 20.0. The summed E-state index contributed by atoms with van der Waals surface area (Å²) in [6.45, 7) is 4.11. The summed E-state index contributed by atoms with van der Waals surface area (Å²) < 4.78 is 42.7. The fraction of sp³-hybridized carbons (Fsp3) is 0.258. The molecule has 2 fully saturated rings. The third-order valence-electron chi connectivity index (χ3n) is 7.38. The van der Waals surface area contributed by atoms with Crippen LogP contribution in [-0.4, -0.2) is 44.0 Å². The molecule has 9 nitrogen and oxygen atoms in total. The highest BCUT2D eigenvalue weighted by Gasteiger charge is 2.46. The second kappa shape index (κ2) is 11.5. The number of carbonyl (C=O) groups is 2. The van der Waals surface area contributed by atoms with Crippen molar-refractivity contribution in [2.45, 2.75) is 44.5 Å². The number of carbonyl (C=O) groups excluding carboxylic acids is 2. The topological polar surface area (TPSA) is 102 Å². The highest BCUT2D eigenvalue weighted by Crippen LogP contribution is 2.46. The SMILES string of the molecule is CC(C)c1ccccc1N1C(=O)CSC1=NC(=O)NC1(c2ccc(-c3ncn(-c4ccc(OC(F)(F)F)cc4)n3)cc2)CC1. The van der Waals surface area contributed by atoms with E-state index in [1.54, 1.807) is 0 Å². The molecule has 226 valence electrons. The van der Waals surface area contributed by atoms with Crippen molar-refractivity contribution in [3.8, 4) is 22.8 Å². The van der Waals surface area contributed by atoms with Crippen molar-refractivity contribution in [1.82, 2.24) is 20.1 Å². The fourth-order valence-electron chi connectivity index (χ4n) is 5.05. The second-order valence-corrected chi connectivity index (χ2v) is 11.7. The molecule has 1 saturated heterocycles. The van der Waals surface area contributed by atoms with Crippen LogP contribution in [0.25, 0.3) is 17.1 Å². The zero-order valence-corrected chi connectivity index (χ0v) is 24.5. The van der Waals surface area contributed by atoms with E-state index >= 15 is 0 Å². The van der Waals surface area contributed by atoms with Gasteiger partial charge in [-0.2, -0.15) is 4.99 Å². The Morgan fingerprint density at radius 2 is 1.75 bits per heavy atom. The van der Waals surface area contributed by atoms with E-state index in [0.717, 1.165) is 35.2 Å². The van der Waals surface area contributed by atoms with E-state index in [-0.39, 0.29) is 23.3 Å². The van der Waals surface area contributed by atoms with Crippen molar-refractivity contribution < 1.29 is 27.5 Å². The quantitative estimate of drug-likeness (QED) is 0.244. The van der Waals surface area contributed by atoms with Gasteiger partial charge >= 0.3 is 12.4 Å². The Bertz CT molecular complexity index is 1730. The van der Waals surface area contributed by atoms with Crippen LogP contribution in [0.2, 0.25) is 0 Å². The van der Waals surface area contributed by atoms with Crippen molar-refractivity contribution in [1.29, 1.82) is 0 Å². The van der Waals surface area contributed by atoms with Gasteiger partial charge in [0.25, 0.3) is 0 Å². The summed E-state index contributed by atoms with van der Waals surface area (Å²) in [4.78, 5) is 36.1. The molecule has 0 radical (unpaired) electrons. The summed E-state index contributed by atoms with van der Waals surface area (Å²) in [5.41, 5.74) is 3.34. The molecule has 1 aliphatic heterocycles. The van der Waals surface area contributed by atoms with Crippen LogP contribution < -0.4 is 15.0 Å². The van der Waals surface area contributed by atoms with E-state index in [4.69, 9.17) is 0 Å². The summed E-state index contributed by atoms with van der Waals surface area (Å²) >= 11 is 1.25. The number of thioether (sulfide) groups is 1. The van der Waals surface area contributed by atoms with E-state index < -0.39 is 17.9 Å². The van der Waals surface area contributed by atoms with Gasteiger partial charge in [0.1, 0.15) is 12.1 Å². The van der Waals surface area contributed by atoms with Crippen LogP contribution in [0.3, 0.4) is 0 Å². The van der Waals surface area contributed by atoms with Crippen molar-refractivity contribution in [3.63, 3.8) is 0 Å². The number of alkyl halides is 3. The minimum absolute atomic E-state index is 0.116. The summed E-state index contributed by atoms with van der Waals surface area (Å²) in [5, 5.41) is 7.85. The standard InChI is InChI=1S/C31H27F3N6O3S/c1-19(2)24-5-3-4-6-25(24)40-26(41)17-44-29(40)36-28(42)37-30(15-16-30)21-9-7-20(8-10-21)27-35-18-39(38-27)22-11-13-23(14-12-22)43-31(32,33)34/h3-14,18-19H,15-17H2,1-2H3,(H,37,42). The Labute approximate surface area is 255 Å². The molecule has 3 amide bonds. The molecule has 2 aliphatic rings. The number of rotatable bonds is 7. The minimum Gasteiger partial charge on any atom is -0.406 e. The van der Waals surface area contributed by atoms with Crippen molar-refractivity contribution in [3.05, 3.63) is 90.3 Å². The normalized spacial score (nSPS) is 16.9. The summed E-state index contributed by atoms with van der Waals surface area (Å²) in [7, 11) is 0. The summed E-state index contributed by atoms with van der Waals surface area (Å²) in [5.74, 6) is 0.392. The third-order valence-corrected chi connectivity index (χ3v) is 8.30. The lowest BCUT2D eigenvalue weighted by molar-refractivity contribution is -0.274. The first-order chi connectivity index (χ1) is 21.0. The molecule has 1 saturated carbocycles. The van der Waals surface area contributed by atoms with Gasteiger partial charge in [-0.25, -0.2) is 14.5 Å². The molecular weight excluding hydrogens is 593 g/mol. The van der Waals surface area contributed by atoms with Gasteiger partial charge in [-0.1, -0.05) is 68.1 Å². The van der Waals surface area contributed by atoms with Crippen LogP contribution in [0.15, 0.2) is 84.1 Å². The van der Waals surface area contributed by atoms with Crippen molar-refractivity contribution >= 4 is 34.6 Å². The molecule has 44 heavy (non-hydrogen) atoms. The maximum absolute atomic E-state index is 13.1. The van der Waals surface area contributed by atoms with Gasteiger partial charge in [-0.3, -0.25) is 9.69 Å². The lowest BCUT2D eigenvalue weighted by Crippen LogP contribution is -2.35. The summed E-state index contributed by atoms with van der Waals surface area (Å²) in [6.07, 6.45) is -1.80. The lowest BCUT2D eigenvalue weighted by atomic mass is 10.0. The lowest BCUT2D eigenvalue weighted by Gasteiger charge is -2.22. The van der Waals surface area contributed by atoms with Crippen LogP contribution >= 0.6 is 11.8 Å². The minimum atomic E-state index is -4.76. The first-order valence-electron chi connectivity index (χ1n) is 13.9. The van der Waals surface area contributed by atoms with E-state index in [1.807, 2.05) is 48.5 Å². The first-order valence-corrected chi connectivity index (χ1v) is 14.8. The first kappa shape index (κ1) is 29.4. The molecule has 6 rings (SSSR count). The molecular formula is C31H27F3N6O3S. The highest BCUT2D eigenvalue weighted by atomic mass is 32.2. The van der Waals surface area contributed by atoms with Crippen LogP contribution in [0.4, 0.5) is 23.7 Å². The predicted octanol–water partition coefficient (Wildman–Crippen LogP) is 6.79. The number of nitrogens with one attached hydrogen (secondary N) is 1. The third kappa shape index (κ3) is 6.18. The van der Waals surface area contributed by atoms with E-state index in [1.165, 1.54) is 51.9 Å². The average Bonchev–Trinajstić information content (AvgIpc) is 3.42. The van der Waals surface area contributed by atoms with E-state index in [2.05, 4.69) is 39.0 Å². The predicted molar refractivity (Wildman–Crippen MR) is 161 cm³/mol. The number of urea groups is 1. The van der Waals surface area contributed by atoms with Gasteiger partial charge in [-0.05, 0) is 60.2 Å². The number of hydrogen-bond donors (Lipinski definition) is 1. The Kier molecular flexibility index (Phi) is 7.66. The number of anilines is 1. The van der Waals surface area contributed by atoms with Gasteiger partial charge in [0.2, 0.25) is 5.91 Å². The van der Waals surface area contributed by atoms with Crippen molar-refractivity contribution in [2.24, 2.45) is 4.99 Å². The van der Waals surface area contributed by atoms with E-state index in [9.17, 15) is 22.8 Å². The number of nitrogens with zero attached hydrogens (tertiary/aromatic N) is 5. The number of aromatic nitrogens is 3. The fourth-order valence-corrected chi connectivity index (χ4v) is 5.91. The number of ether oxygens (including phenoxy) is 1. The Balaban J connectivity index is 1.14. The average molecular weight is 621 g/mol. The second-order valence-electron chi connectivity index (χ2n) is 10.8. The maximum atomic E-state index is 13.1. The molecule has 1 N–H and O–H groups in total. The Hall–Kier alpha value is -4.65. The molecule has 2 heterocycles. The molecule has 0 atom stereocenters. The molecule has 1 aliphatic carbocycles. The number of hydrogen-bond acceptors (Lipinski definition) is 6. The van der Waals surface area contributed by atoms with Crippen LogP contribution in [0.5, 0.6) is 5.75 Å². The number of amides is 3. The maximum Gasteiger partial charge on any atom is 0.573 e. The van der Waals surface area contributed by atoms with E-state index in [0.29, 0.717) is 16.7 Å². The van der Waals surface area contributed by atoms with Gasteiger partial charge in [0, 0.05) is 5.56 Å². The van der Waals surface area contributed by atoms with Crippen LogP contribution in [-0.2, 0) is 10.3 Å². The molecule has 0 bridgehead atoms. The number of halogens is 3. The van der Waals surface area contributed by atoms with Gasteiger partial charge in [0.15, 0.2) is 11.0 Å². The Morgan fingerprint density at radius 3 is 2.41 bits per heavy atom. The zero-order chi connectivity index (χ0) is 31.1. The largest absolute Gasteiger partial charge is 0.573 e. The zero-order valence-electron chi connectivity index (χ0n) is 23.7. The molecule has 0 unspecified atom stereocenters. The molecule has 0 spiro atoms. The van der Waals surface area contributed by atoms with Gasteiger partial charge in [0.05, 0.1) is 22.7 Å². The Morgan fingerprint density at radius 1 is 1.05 bits per heavy atom. The molecule has 13 heteroatoms. The highest BCUT2D eigenvalue weighted by molar-refractivity contribution is 8.15. The number of amidine groups is 1. The smallest absolute Gasteiger partial charge is 0.406 e.